The average molecular weight is 504 g/mol. The topological polar surface area (TPSA) is 98.9 Å². The summed E-state index contributed by atoms with van der Waals surface area (Å²) in [5.41, 5.74) is 3.48. The van der Waals surface area contributed by atoms with Gasteiger partial charge in [0.2, 0.25) is 0 Å². The first-order valence-corrected chi connectivity index (χ1v) is 11.6. The number of rotatable bonds is 6. The molecule has 13 heteroatoms. The number of piperazine rings is 1. The van der Waals surface area contributed by atoms with E-state index in [2.05, 4.69) is 25.3 Å². The van der Waals surface area contributed by atoms with Crippen LogP contribution in [0, 0.1) is 0 Å². The van der Waals surface area contributed by atoms with E-state index >= 15 is 0 Å². The van der Waals surface area contributed by atoms with Gasteiger partial charge in [-0.15, -0.1) is 11.3 Å². The highest BCUT2D eigenvalue weighted by molar-refractivity contribution is 7.12. The molecule has 2 N–H and O–H groups in total. The Morgan fingerprint density at radius 3 is 2.51 bits per heavy atom. The second-order valence-corrected chi connectivity index (χ2v) is 8.95. The van der Waals surface area contributed by atoms with Gasteiger partial charge >= 0.3 is 12.1 Å². The number of hydrogen-bond donors (Lipinski definition) is 2. The molecule has 0 bridgehead atoms. The van der Waals surface area contributed by atoms with Crippen LogP contribution in [0.15, 0.2) is 48.2 Å². The molecule has 1 aliphatic heterocycles. The fourth-order valence-electron chi connectivity index (χ4n) is 4.00. The molecule has 1 saturated heterocycles. The molecule has 0 aliphatic carbocycles. The standard InChI is InChI=1S/C22H20F3N7O2S/c23-22(24,25)12-30-5-7-31(8-6-30)16-3-1-15(2-4-16)29-19-20-27-13-28-32(20)17(10-26-19)14-9-18(21(33)34)35-11-14/h1-4,9-11,13H,5-8,12H2,(H,26,29)(H,33,34). The molecule has 0 atom stereocenters. The van der Waals surface area contributed by atoms with Crippen molar-refractivity contribution >= 4 is 40.1 Å². The third-order valence-electron chi connectivity index (χ3n) is 5.68. The van der Waals surface area contributed by atoms with Crippen molar-refractivity contribution in [2.45, 2.75) is 6.18 Å². The molecule has 35 heavy (non-hydrogen) atoms. The first-order chi connectivity index (χ1) is 16.8. The molecule has 0 saturated carbocycles. The number of carboxylic acid groups (broad SMARTS) is 1. The second kappa shape index (κ2) is 9.15. The fraction of sp³-hybridized carbons (Fsp3) is 0.273. The van der Waals surface area contributed by atoms with Gasteiger partial charge in [0.05, 0.1) is 18.4 Å². The first-order valence-electron chi connectivity index (χ1n) is 10.7. The van der Waals surface area contributed by atoms with Crippen LogP contribution < -0.4 is 10.2 Å². The fourth-order valence-corrected chi connectivity index (χ4v) is 4.73. The Hall–Kier alpha value is -3.71. The van der Waals surface area contributed by atoms with Gasteiger partial charge in [-0.1, -0.05) is 0 Å². The first kappa shape index (κ1) is 23.1. The number of hydrogen-bond acceptors (Lipinski definition) is 8. The average Bonchev–Trinajstić information content (AvgIpc) is 3.50. The lowest BCUT2D eigenvalue weighted by atomic mass is 10.2. The molecule has 0 unspecified atom stereocenters. The van der Waals surface area contributed by atoms with Gasteiger partial charge in [-0.2, -0.15) is 18.3 Å². The summed E-state index contributed by atoms with van der Waals surface area (Å²) in [5.74, 6) is -0.512. The predicted octanol–water partition coefficient (Wildman–Crippen LogP) is 3.98. The molecule has 4 heterocycles. The summed E-state index contributed by atoms with van der Waals surface area (Å²) < 4.78 is 39.4. The number of alkyl halides is 3. The van der Waals surface area contributed by atoms with Crippen LogP contribution in [0.5, 0.6) is 0 Å². The Balaban J connectivity index is 1.29. The normalized spacial score (nSPS) is 15.0. The number of nitrogens with one attached hydrogen (secondary N) is 1. The predicted molar refractivity (Wildman–Crippen MR) is 125 cm³/mol. The molecular weight excluding hydrogens is 483 g/mol. The van der Waals surface area contributed by atoms with Crippen molar-refractivity contribution < 1.29 is 23.1 Å². The minimum Gasteiger partial charge on any atom is -0.477 e. The summed E-state index contributed by atoms with van der Waals surface area (Å²) in [7, 11) is 0. The number of aromatic nitrogens is 4. The second-order valence-electron chi connectivity index (χ2n) is 8.04. The minimum atomic E-state index is -4.18. The lowest BCUT2D eigenvalue weighted by Crippen LogP contribution is -2.49. The van der Waals surface area contributed by atoms with E-state index in [0.29, 0.717) is 48.9 Å². The maximum atomic E-state index is 12.6. The molecule has 182 valence electrons. The van der Waals surface area contributed by atoms with Crippen LogP contribution in [0.1, 0.15) is 9.67 Å². The third-order valence-corrected chi connectivity index (χ3v) is 6.60. The monoisotopic (exact) mass is 503 g/mol. The SMILES string of the molecule is O=C(O)c1cc(-c2cnc(Nc3ccc(N4CCN(CC(F)(F)F)CC4)cc3)c3ncnn23)cs1. The van der Waals surface area contributed by atoms with Gasteiger partial charge in [0.25, 0.3) is 0 Å². The van der Waals surface area contributed by atoms with Crippen LogP contribution in [-0.2, 0) is 0 Å². The van der Waals surface area contributed by atoms with E-state index < -0.39 is 18.7 Å². The zero-order chi connectivity index (χ0) is 24.6. The Labute approximate surface area is 201 Å². The van der Waals surface area contributed by atoms with Crippen LogP contribution in [-0.4, -0.2) is 74.5 Å². The van der Waals surface area contributed by atoms with Gasteiger partial charge in [0.1, 0.15) is 11.2 Å². The van der Waals surface area contributed by atoms with Gasteiger partial charge in [-0.05, 0) is 30.3 Å². The lowest BCUT2D eigenvalue weighted by molar-refractivity contribution is -0.146. The summed E-state index contributed by atoms with van der Waals surface area (Å²) in [6.07, 6.45) is -1.17. The molecule has 4 aromatic rings. The summed E-state index contributed by atoms with van der Waals surface area (Å²) in [5, 5.41) is 18.4. The van der Waals surface area contributed by atoms with Crippen molar-refractivity contribution in [2.75, 3.05) is 42.9 Å². The minimum absolute atomic E-state index is 0.220. The number of carboxylic acids is 1. The van der Waals surface area contributed by atoms with E-state index in [9.17, 15) is 23.1 Å². The highest BCUT2D eigenvalue weighted by atomic mass is 32.1. The summed E-state index contributed by atoms with van der Waals surface area (Å²) in [6, 6.07) is 9.14. The highest BCUT2D eigenvalue weighted by Crippen LogP contribution is 2.29. The number of benzene rings is 1. The number of fused-ring (bicyclic) bond motifs is 1. The quantitative estimate of drug-likeness (QED) is 0.408. The largest absolute Gasteiger partial charge is 0.477 e. The molecule has 5 rings (SSSR count). The van der Waals surface area contributed by atoms with Crippen LogP contribution in [0.2, 0.25) is 0 Å². The summed E-state index contributed by atoms with van der Waals surface area (Å²) in [4.78, 5) is 23.7. The molecule has 1 aromatic carbocycles. The highest BCUT2D eigenvalue weighted by Gasteiger charge is 2.32. The van der Waals surface area contributed by atoms with Gasteiger partial charge < -0.3 is 15.3 Å². The van der Waals surface area contributed by atoms with Crippen molar-refractivity contribution in [1.29, 1.82) is 0 Å². The smallest absolute Gasteiger partial charge is 0.401 e. The van der Waals surface area contributed by atoms with Gasteiger partial charge in [0.15, 0.2) is 11.5 Å². The van der Waals surface area contributed by atoms with Crippen molar-refractivity contribution in [3.05, 3.63) is 53.1 Å². The number of carbonyl (C=O) groups is 1. The summed E-state index contributed by atoms with van der Waals surface area (Å²) in [6.45, 7) is 0.897. The lowest BCUT2D eigenvalue weighted by Gasteiger charge is -2.36. The molecule has 0 radical (unpaired) electrons. The van der Waals surface area contributed by atoms with E-state index in [1.54, 1.807) is 22.2 Å². The Kier molecular flexibility index (Phi) is 6.03. The Morgan fingerprint density at radius 2 is 1.86 bits per heavy atom. The van der Waals surface area contributed by atoms with Crippen LogP contribution >= 0.6 is 11.3 Å². The molecular formula is C22H20F3N7O2S. The van der Waals surface area contributed by atoms with Crippen molar-refractivity contribution in [3.63, 3.8) is 0 Å². The number of aromatic carboxylic acids is 1. The number of thiophene rings is 1. The molecule has 0 spiro atoms. The zero-order valence-electron chi connectivity index (χ0n) is 18.2. The van der Waals surface area contributed by atoms with Gasteiger partial charge in [-0.25, -0.2) is 19.3 Å². The van der Waals surface area contributed by atoms with E-state index in [1.165, 1.54) is 11.2 Å². The van der Waals surface area contributed by atoms with Crippen molar-refractivity contribution in [3.8, 4) is 11.3 Å². The van der Waals surface area contributed by atoms with E-state index in [1.807, 2.05) is 24.3 Å². The van der Waals surface area contributed by atoms with Crippen LogP contribution in [0.25, 0.3) is 16.9 Å². The number of halogens is 3. The van der Waals surface area contributed by atoms with Crippen molar-refractivity contribution in [2.24, 2.45) is 0 Å². The van der Waals surface area contributed by atoms with Crippen LogP contribution in [0.3, 0.4) is 0 Å². The van der Waals surface area contributed by atoms with Crippen molar-refractivity contribution in [1.82, 2.24) is 24.5 Å². The van der Waals surface area contributed by atoms with E-state index in [-0.39, 0.29) is 4.88 Å². The number of nitrogens with zero attached hydrogens (tertiary/aromatic N) is 6. The summed E-state index contributed by atoms with van der Waals surface area (Å²) >= 11 is 1.12. The molecule has 3 aromatic heterocycles. The molecule has 1 aliphatic rings. The van der Waals surface area contributed by atoms with E-state index in [4.69, 9.17) is 0 Å². The van der Waals surface area contributed by atoms with E-state index in [0.717, 1.165) is 22.7 Å². The van der Waals surface area contributed by atoms with Crippen LogP contribution in [0.4, 0.5) is 30.4 Å². The molecule has 9 nitrogen and oxygen atoms in total. The Morgan fingerprint density at radius 1 is 1.11 bits per heavy atom. The maximum Gasteiger partial charge on any atom is 0.401 e. The zero-order valence-corrected chi connectivity index (χ0v) is 19.1. The van der Waals surface area contributed by atoms with Gasteiger partial charge in [0, 0.05) is 48.5 Å². The maximum absolute atomic E-state index is 12.6. The number of anilines is 3. The Bertz CT molecular complexity index is 1350. The molecule has 1 fully saturated rings. The van der Waals surface area contributed by atoms with Gasteiger partial charge in [-0.3, -0.25) is 4.90 Å². The molecule has 0 amide bonds. The third kappa shape index (κ3) is 5.05.